The molecule has 0 saturated carbocycles. The Morgan fingerprint density at radius 2 is 2.19 bits per heavy atom. The highest BCUT2D eigenvalue weighted by molar-refractivity contribution is 7.14. The summed E-state index contributed by atoms with van der Waals surface area (Å²) in [7, 11) is 0. The monoisotopic (exact) mass is 252 g/mol. The Morgan fingerprint density at radius 1 is 1.44 bits per heavy atom. The zero-order valence-corrected chi connectivity index (χ0v) is 10.6. The second-order valence-electron chi connectivity index (χ2n) is 3.64. The summed E-state index contributed by atoms with van der Waals surface area (Å²) < 4.78 is 0.840. The van der Waals surface area contributed by atoms with Crippen molar-refractivity contribution in [2.45, 2.75) is 19.5 Å². The van der Waals surface area contributed by atoms with E-state index < -0.39 is 0 Å². The number of pyridine rings is 1. The third kappa shape index (κ3) is 3.04. The van der Waals surface area contributed by atoms with Crippen molar-refractivity contribution >= 4 is 22.9 Å². The van der Waals surface area contributed by atoms with Crippen LogP contribution in [0.25, 0.3) is 0 Å². The number of halogens is 1. The predicted octanol–water partition coefficient (Wildman–Crippen LogP) is 3.65. The van der Waals surface area contributed by atoms with Crippen molar-refractivity contribution in [3.63, 3.8) is 0 Å². The highest BCUT2D eigenvalue weighted by atomic mass is 35.5. The standard InChI is InChI=1S/C12H13ClN2S/c1-9(11-6-12(13)16-8-11)15-7-10-2-4-14-5-3-10/h2-6,8-9,15H,7H2,1H3. The molecule has 4 heteroatoms. The molecule has 0 fully saturated rings. The second kappa shape index (κ2) is 5.43. The lowest BCUT2D eigenvalue weighted by Crippen LogP contribution is -2.17. The van der Waals surface area contributed by atoms with Gasteiger partial charge in [0.1, 0.15) is 0 Å². The lowest BCUT2D eigenvalue weighted by atomic mass is 10.1. The van der Waals surface area contributed by atoms with Crippen molar-refractivity contribution in [1.82, 2.24) is 10.3 Å². The average Bonchev–Trinajstić information content (AvgIpc) is 2.74. The van der Waals surface area contributed by atoms with E-state index in [1.165, 1.54) is 11.1 Å². The molecule has 1 N–H and O–H groups in total. The minimum absolute atomic E-state index is 0.317. The molecule has 2 aromatic rings. The molecule has 0 aliphatic heterocycles. The van der Waals surface area contributed by atoms with Crippen LogP contribution in [0, 0.1) is 0 Å². The first kappa shape index (κ1) is 11.6. The third-order valence-corrected chi connectivity index (χ3v) is 3.56. The molecule has 0 spiro atoms. The quantitative estimate of drug-likeness (QED) is 0.899. The fourth-order valence-electron chi connectivity index (χ4n) is 1.44. The van der Waals surface area contributed by atoms with Gasteiger partial charge in [0.15, 0.2) is 0 Å². The van der Waals surface area contributed by atoms with Crippen LogP contribution in [0.4, 0.5) is 0 Å². The molecular formula is C12H13ClN2S. The molecule has 1 unspecified atom stereocenters. The molecular weight excluding hydrogens is 240 g/mol. The van der Waals surface area contributed by atoms with Gasteiger partial charge in [-0.15, -0.1) is 11.3 Å². The van der Waals surface area contributed by atoms with Crippen molar-refractivity contribution in [3.05, 3.63) is 51.4 Å². The van der Waals surface area contributed by atoms with Gasteiger partial charge in [-0.3, -0.25) is 4.98 Å². The van der Waals surface area contributed by atoms with Gasteiger partial charge in [-0.05, 0) is 41.6 Å². The summed E-state index contributed by atoms with van der Waals surface area (Å²) in [6.07, 6.45) is 3.62. The molecule has 0 aliphatic carbocycles. The first-order chi connectivity index (χ1) is 7.75. The molecule has 0 radical (unpaired) electrons. The molecule has 2 heterocycles. The summed E-state index contributed by atoms with van der Waals surface area (Å²) in [6, 6.07) is 6.36. The number of thiophene rings is 1. The zero-order chi connectivity index (χ0) is 11.4. The van der Waals surface area contributed by atoms with Crippen molar-refractivity contribution in [3.8, 4) is 0 Å². The summed E-state index contributed by atoms with van der Waals surface area (Å²) in [5.74, 6) is 0. The number of rotatable bonds is 4. The molecule has 1 atom stereocenters. The number of aromatic nitrogens is 1. The molecule has 0 aromatic carbocycles. The summed E-state index contributed by atoms with van der Waals surface area (Å²) in [4.78, 5) is 3.99. The lowest BCUT2D eigenvalue weighted by Gasteiger charge is -2.12. The van der Waals surface area contributed by atoms with Gasteiger partial charge < -0.3 is 5.32 Å². The second-order valence-corrected chi connectivity index (χ2v) is 5.18. The van der Waals surface area contributed by atoms with Gasteiger partial charge in [0, 0.05) is 25.0 Å². The maximum atomic E-state index is 5.90. The highest BCUT2D eigenvalue weighted by Crippen LogP contribution is 2.24. The molecule has 0 aliphatic rings. The van der Waals surface area contributed by atoms with E-state index in [0.29, 0.717) is 6.04 Å². The van der Waals surface area contributed by atoms with Crippen molar-refractivity contribution in [2.75, 3.05) is 0 Å². The average molecular weight is 253 g/mol. The van der Waals surface area contributed by atoms with Gasteiger partial charge in [-0.25, -0.2) is 0 Å². The zero-order valence-electron chi connectivity index (χ0n) is 8.98. The molecule has 2 nitrogen and oxygen atoms in total. The Morgan fingerprint density at radius 3 is 2.81 bits per heavy atom. The molecule has 0 saturated heterocycles. The van der Waals surface area contributed by atoms with Crippen LogP contribution in [0.5, 0.6) is 0 Å². The summed E-state index contributed by atoms with van der Waals surface area (Å²) in [6.45, 7) is 2.98. The van der Waals surface area contributed by atoms with Crippen molar-refractivity contribution in [1.29, 1.82) is 0 Å². The van der Waals surface area contributed by atoms with Gasteiger partial charge in [0.05, 0.1) is 4.34 Å². The number of hydrogen-bond donors (Lipinski definition) is 1. The minimum atomic E-state index is 0.317. The maximum absolute atomic E-state index is 5.90. The van der Waals surface area contributed by atoms with Crippen LogP contribution in [-0.2, 0) is 6.54 Å². The van der Waals surface area contributed by atoms with Crippen LogP contribution < -0.4 is 5.32 Å². The van der Waals surface area contributed by atoms with Crippen LogP contribution in [0.3, 0.4) is 0 Å². The number of hydrogen-bond acceptors (Lipinski definition) is 3. The van der Waals surface area contributed by atoms with Crippen LogP contribution >= 0.6 is 22.9 Å². The van der Waals surface area contributed by atoms with Gasteiger partial charge in [0.25, 0.3) is 0 Å². The van der Waals surface area contributed by atoms with Crippen LogP contribution in [0.1, 0.15) is 24.1 Å². The topological polar surface area (TPSA) is 24.9 Å². The predicted molar refractivity (Wildman–Crippen MR) is 68.8 cm³/mol. The third-order valence-electron chi connectivity index (χ3n) is 2.45. The lowest BCUT2D eigenvalue weighted by molar-refractivity contribution is 0.576. The largest absolute Gasteiger partial charge is 0.306 e. The van der Waals surface area contributed by atoms with Crippen molar-refractivity contribution in [2.24, 2.45) is 0 Å². The van der Waals surface area contributed by atoms with E-state index in [0.717, 1.165) is 10.9 Å². The number of nitrogens with zero attached hydrogens (tertiary/aromatic N) is 1. The SMILES string of the molecule is CC(NCc1ccncc1)c1csc(Cl)c1. The van der Waals surface area contributed by atoms with Crippen LogP contribution in [0.2, 0.25) is 4.34 Å². The summed E-state index contributed by atoms with van der Waals surface area (Å²) >= 11 is 7.47. The Kier molecular flexibility index (Phi) is 3.93. The van der Waals surface area contributed by atoms with Crippen LogP contribution in [0.15, 0.2) is 36.0 Å². The number of nitrogens with one attached hydrogen (secondary N) is 1. The smallest absolute Gasteiger partial charge is 0.0931 e. The summed E-state index contributed by atoms with van der Waals surface area (Å²) in [5.41, 5.74) is 2.48. The molecule has 0 amide bonds. The molecule has 0 bridgehead atoms. The summed E-state index contributed by atoms with van der Waals surface area (Å²) in [5, 5.41) is 5.54. The Labute approximate surface area is 104 Å². The normalized spacial score (nSPS) is 12.6. The highest BCUT2D eigenvalue weighted by Gasteiger charge is 2.06. The maximum Gasteiger partial charge on any atom is 0.0931 e. The van der Waals surface area contributed by atoms with Crippen molar-refractivity contribution < 1.29 is 0 Å². The molecule has 84 valence electrons. The molecule has 2 aromatic heterocycles. The Hall–Kier alpha value is -0.900. The van der Waals surface area contributed by atoms with E-state index in [1.54, 1.807) is 11.3 Å². The molecule has 16 heavy (non-hydrogen) atoms. The fourth-order valence-corrected chi connectivity index (χ4v) is 2.42. The van der Waals surface area contributed by atoms with E-state index in [4.69, 9.17) is 11.6 Å². The van der Waals surface area contributed by atoms with Gasteiger partial charge in [-0.1, -0.05) is 11.6 Å². The van der Waals surface area contributed by atoms with Gasteiger partial charge in [-0.2, -0.15) is 0 Å². The van der Waals surface area contributed by atoms with E-state index in [2.05, 4.69) is 22.6 Å². The van der Waals surface area contributed by atoms with Gasteiger partial charge in [0.2, 0.25) is 0 Å². The molecule has 2 rings (SSSR count). The van der Waals surface area contributed by atoms with E-state index in [9.17, 15) is 0 Å². The first-order valence-electron chi connectivity index (χ1n) is 5.12. The first-order valence-corrected chi connectivity index (χ1v) is 6.37. The minimum Gasteiger partial charge on any atom is -0.306 e. The van der Waals surface area contributed by atoms with E-state index in [1.807, 2.05) is 30.6 Å². The van der Waals surface area contributed by atoms with E-state index in [-0.39, 0.29) is 0 Å². The Bertz CT molecular complexity index is 441. The van der Waals surface area contributed by atoms with E-state index >= 15 is 0 Å². The van der Waals surface area contributed by atoms with Gasteiger partial charge >= 0.3 is 0 Å². The Balaban J connectivity index is 1.91. The fraction of sp³-hybridized carbons (Fsp3) is 0.250. The van der Waals surface area contributed by atoms with Crippen LogP contribution in [-0.4, -0.2) is 4.98 Å².